The van der Waals surface area contributed by atoms with Gasteiger partial charge in [-0.2, -0.15) is 0 Å². The van der Waals surface area contributed by atoms with Crippen molar-refractivity contribution in [1.82, 2.24) is 14.3 Å². The molecule has 1 aliphatic rings. The topological polar surface area (TPSA) is 63.9 Å². The van der Waals surface area contributed by atoms with Gasteiger partial charge in [-0.15, -0.1) is 12.4 Å². The third kappa shape index (κ3) is 5.05. The van der Waals surface area contributed by atoms with Gasteiger partial charge >= 0.3 is 0 Å². The van der Waals surface area contributed by atoms with Crippen molar-refractivity contribution in [2.45, 2.75) is 39.5 Å². The van der Waals surface area contributed by atoms with Crippen molar-refractivity contribution in [1.29, 1.82) is 0 Å². The normalized spacial score (nSPS) is 15.6. The van der Waals surface area contributed by atoms with Crippen LogP contribution >= 0.6 is 24.2 Å². The summed E-state index contributed by atoms with van der Waals surface area (Å²) < 4.78 is 7.78. The molecule has 1 fully saturated rings. The molecule has 0 radical (unpaired) electrons. The largest absolute Gasteiger partial charge is 0.490 e. The minimum Gasteiger partial charge on any atom is -0.490 e. The van der Waals surface area contributed by atoms with E-state index in [1.165, 1.54) is 4.90 Å². The van der Waals surface area contributed by atoms with E-state index in [1.807, 2.05) is 48.9 Å². The van der Waals surface area contributed by atoms with Crippen molar-refractivity contribution >= 4 is 41.0 Å². The first-order chi connectivity index (χ1) is 12.6. The Hall–Kier alpha value is -1.99. The molecule has 2 aromatic heterocycles. The Bertz CT molecular complexity index is 850. The third-order valence-electron chi connectivity index (χ3n) is 4.09. The summed E-state index contributed by atoms with van der Waals surface area (Å²) in [5.41, 5.74) is 1.74. The second-order valence-corrected chi connectivity index (χ2v) is 7.22. The number of amides is 2. The van der Waals surface area contributed by atoms with E-state index in [0.717, 1.165) is 54.5 Å². The second kappa shape index (κ2) is 9.80. The summed E-state index contributed by atoms with van der Waals surface area (Å²) in [5, 5.41) is -0.170. The lowest BCUT2D eigenvalue weighted by Crippen LogP contribution is -2.29. The van der Waals surface area contributed by atoms with Crippen LogP contribution in [0.4, 0.5) is 4.79 Å². The number of pyridine rings is 1. The molecular weight excluding hydrogens is 386 g/mol. The van der Waals surface area contributed by atoms with Gasteiger partial charge in [0.05, 0.1) is 17.2 Å². The van der Waals surface area contributed by atoms with Crippen molar-refractivity contribution in [2.24, 2.45) is 0 Å². The number of fused-ring (bicyclic) bond motifs is 1. The number of rotatable bonds is 8. The van der Waals surface area contributed by atoms with E-state index in [2.05, 4.69) is 4.98 Å². The quantitative estimate of drug-likeness (QED) is 0.470. The molecule has 27 heavy (non-hydrogen) atoms. The standard InChI is InChI=1S/C19H23N3O3S.ClH/c1-3-4-9-16-18(23)22(19(24)26-16)11-5-6-12-25-15-8-7-10-21-13-14(2)20-17(15)21;/h7-10,13H,3-6,11-12H2,1-2H3;1H. The SMILES string of the molecule is CCCC=C1SC(=O)N(CCCCOc2cccn3cc(C)nc23)C1=O.Cl. The summed E-state index contributed by atoms with van der Waals surface area (Å²) in [6.07, 6.45) is 9.02. The number of halogens is 1. The minimum absolute atomic E-state index is 0. The van der Waals surface area contributed by atoms with E-state index in [9.17, 15) is 9.59 Å². The molecule has 0 N–H and O–H groups in total. The number of carbonyl (C=O) groups excluding carboxylic acids is 2. The zero-order valence-corrected chi connectivity index (χ0v) is 17.1. The molecule has 146 valence electrons. The first-order valence-corrected chi connectivity index (χ1v) is 9.72. The lowest BCUT2D eigenvalue weighted by Gasteiger charge is -2.12. The number of carbonyl (C=O) groups is 2. The van der Waals surface area contributed by atoms with Crippen LogP contribution in [-0.2, 0) is 4.79 Å². The van der Waals surface area contributed by atoms with Gasteiger partial charge in [-0.05, 0) is 50.1 Å². The molecule has 1 saturated heterocycles. The molecule has 2 aromatic rings. The van der Waals surface area contributed by atoms with Crippen LogP contribution in [0.15, 0.2) is 35.5 Å². The average molecular weight is 410 g/mol. The number of ether oxygens (including phenoxy) is 1. The van der Waals surface area contributed by atoms with E-state index < -0.39 is 0 Å². The molecule has 2 amide bonds. The Kier molecular flexibility index (Phi) is 7.74. The molecule has 6 nitrogen and oxygen atoms in total. The number of thioether (sulfide) groups is 1. The Morgan fingerprint density at radius 2 is 2.11 bits per heavy atom. The van der Waals surface area contributed by atoms with Gasteiger partial charge in [-0.3, -0.25) is 14.5 Å². The molecule has 1 aliphatic heterocycles. The summed E-state index contributed by atoms with van der Waals surface area (Å²) >= 11 is 1.04. The van der Waals surface area contributed by atoms with Gasteiger partial charge in [0.15, 0.2) is 11.4 Å². The number of nitrogens with zero attached hydrogens (tertiary/aromatic N) is 3. The number of aryl methyl sites for hydroxylation is 1. The number of unbranched alkanes of at least 4 members (excludes halogenated alkanes) is 2. The lowest BCUT2D eigenvalue weighted by atomic mass is 10.3. The van der Waals surface area contributed by atoms with Crippen LogP contribution in [0.2, 0.25) is 0 Å². The summed E-state index contributed by atoms with van der Waals surface area (Å²) in [4.78, 5) is 30.6. The van der Waals surface area contributed by atoms with Crippen LogP contribution in [-0.4, -0.2) is 38.6 Å². The van der Waals surface area contributed by atoms with Gasteiger partial charge in [-0.25, -0.2) is 4.98 Å². The molecule has 0 atom stereocenters. The fraction of sp³-hybridized carbons (Fsp3) is 0.421. The Labute approximate surface area is 169 Å². The highest BCUT2D eigenvalue weighted by molar-refractivity contribution is 8.18. The van der Waals surface area contributed by atoms with Gasteiger partial charge in [0.2, 0.25) is 0 Å². The molecule has 3 heterocycles. The van der Waals surface area contributed by atoms with Crippen molar-refractivity contribution in [3.8, 4) is 5.75 Å². The van der Waals surface area contributed by atoms with Crippen LogP contribution in [0.3, 0.4) is 0 Å². The van der Waals surface area contributed by atoms with Gasteiger partial charge in [0.1, 0.15) is 0 Å². The number of hydrogen-bond acceptors (Lipinski definition) is 5. The smallest absolute Gasteiger partial charge is 0.293 e. The van der Waals surface area contributed by atoms with E-state index in [-0.39, 0.29) is 23.6 Å². The molecule has 0 unspecified atom stereocenters. The Morgan fingerprint density at radius 3 is 2.89 bits per heavy atom. The van der Waals surface area contributed by atoms with E-state index in [4.69, 9.17) is 4.74 Å². The summed E-state index contributed by atoms with van der Waals surface area (Å²) in [5.74, 6) is 0.585. The van der Waals surface area contributed by atoms with Crippen molar-refractivity contribution in [3.05, 3.63) is 41.2 Å². The van der Waals surface area contributed by atoms with Crippen LogP contribution < -0.4 is 4.74 Å². The number of hydrogen-bond donors (Lipinski definition) is 0. The van der Waals surface area contributed by atoms with Gasteiger partial charge in [0, 0.05) is 18.9 Å². The van der Waals surface area contributed by atoms with Gasteiger partial charge in [-0.1, -0.05) is 19.4 Å². The molecule has 0 spiro atoms. The predicted octanol–water partition coefficient (Wildman–Crippen LogP) is 4.60. The fourth-order valence-corrected chi connectivity index (χ4v) is 3.65. The molecular formula is C19H24ClN3O3S. The monoisotopic (exact) mass is 409 g/mol. The van der Waals surface area contributed by atoms with Crippen molar-refractivity contribution in [3.63, 3.8) is 0 Å². The summed E-state index contributed by atoms with van der Waals surface area (Å²) in [6, 6.07) is 3.82. The first-order valence-electron chi connectivity index (χ1n) is 8.91. The maximum Gasteiger partial charge on any atom is 0.293 e. The highest BCUT2D eigenvalue weighted by Crippen LogP contribution is 2.31. The highest BCUT2D eigenvalue weighted by Gasteiger charge is 2.34. The first kappa shape index (κ1) is 21.3. The zero-order chi connectivity index (χ0) is 18.5. The van der Waals surface area contributed by atoms with E-state index in [0.29, 0.717) is 18.1 Å². The van der Waals surface area contributed by atoms with Gasteiger partial charge < -0.3 is 9.14 Å². The molecule has 8 heteroatoms. The second-order valence-electron chi connectivity index (χ2n) is 6.22. The van der Waals surface area contributed by atoms with E-state index >= 15 is 0 Å². The van der Waals surface area contributed by atoms with Crippen molar-refractivity contribution < 1.29 is 14.3 Å². The molecule has 0 aromatic carbocycles. The lowest BCUT2D eigenvalue weighted by molar-refractivity contribution is -0.122. The van der Waals surface area contributed by atoms with Crippen molar-refractivity contribution in [2.75, 3.05) is 13.2 Å². The predicted molar refractivity (Wildman–Crippen MR) is 110 cm³/mol. The minimum atomic E-state index is -0.170. The van der Waals surface area contributed by atoms with Crippen LogP contribution in [0.5, 0.6) is 5.75 Å². The van der Waals surface area contributed by atoms with Crippen LogP contribution in [0.1, 0.15) is 38.3 Å². The maximum atomic E-state index is 12.2. The summed E-state index contributed by atoms with van der Waals surface area (Å²) in [7, 11) is 0. The van der Waals surface area contributed by atoms with E-state index in [1.54, 1.807) is 0 Å². The number of allylic oxidation sites excluding steroid dienone is 1. The molecule has 0 aliphatic carbocycles. The van der Waals surface area contributed by atoms with Gasteiger partial charge in [0.25, 0.3) is 11.1 Å². The zero-order valence-electron chi connectivity index (χ0n) is 15.5. The van der Waals surface area contributed by atoms with Crippen LogP contribution in [0, 0.1) is 6.92 Å². The molecule has 0 bridgehead atoms. The number of imidazole rings is 1. The highest BCUT2D eigenvalue weighted by atomic mass is 35.5. The van der Waals surface area contributed by atoms with Crippen LogP contribution in [0.25, 0.3) is 5.65 Å². The Morgan fingerprint density at radius 1 is 1.30 bits per heavy atom. The molecule has 0 saturated carbocycles. The number of imide groups is 1. The fourth-order valence-electron chi connectivity index (χ4n) is 2.78. The maximum absolute atomic E-state index is 12.2. The molecule has 3 rings (SSSR count). The summed E-state index contributed by atoms with van der Waals surface area (Å²) in [6.45, 7) is 4.95. The average Bonchev–Trinajstić information content (AvgIpc) is 3.13. The third-order valence-corrected chi connectivity index (χ3v) is 5.05. The number of aromatic nitrogens is 2. The Balaban J connectivity index is 0.00000261.